The summed E-state index contributed by atoms with van der Waals surface area (Å²) in [7, 11) is 0. The minimum absolute atomic E-state index is 0. The van der Waals surface area contributed by atoms with Gasteiger partial charge in [0.2, 0.25) is 0 Å². The number of rotatable bonds is 7. The standard InChI is InChI=1S/C52H40N3OS2.Pt/c1-33-34(2)55(51-40(35-16-8-6-9-17-35)23-15-24-41(51)36-18-10-7-11-19-36)32-54(33)38-20-14-21-39(29-38)56-48-30-43-46(58-48)31-47-50(42-22-12-13-25-45(42)57-47)49(43)44-28-37(26-27-53-44)52(3,4)5;/h6-28,31-32H,1-5H3;/q-3;. The van der Waals surface area contributed by atoms with Gasteiger partial charge in [-0.3, -0.25) is 4.98 Å². The number of ether oxygens (including phenoxy) is 1. The number of hydrogen-bond donors (Lipinski definition) is 0. The summed E-state index contributed by atoms with van der Waals surface area (Å²) in [6.45, 7) is 13.3. The molecule has 0 fully saturated rings. The molecule has 0 aliphatic carbocycles. The number of para-hydroxylation sites is 1. The van der Waals surface area contributed by atoms with E-state index in [1.807, 2.05) is 29.7 Å². The zero-order chi connectivity index (χ0) is 39.5. The Bertz CT molecular complexity index is 2980. The van der Waals surface area contributed by atoms with Gasteiger partial charge in [-0.25, -0.2) is 0 Å². The average molecular weight is 982 g/mol. The number of benzene rings is 6. The summed E-state index contributed by atoms with van der Waals surface area (Å²) >= 11 is 3.44. The predicted octanol–water partition coefficient (Wildman–Crippen LogP) is 15.1. The van der Waals surface area contributed by atoms with Gasteiger partial charge >= 0.3 is 0 Å². The number of fused-ring (bicyclic) bond motifs is 4. The Morgan fingerprint density at radius 1 is 0.644 bits per heavy atom. The van der Waals surface area contributed by atoms with E-state index >= 15 is 0 Å². The number of nitrogens with zero attached hydrogens (tertiary/aromatic N) is 3. The number of hydrogen-bond acceptors (Lipinski definition) is 6. The van der Waals surface area contributed by atoms with Crippen LogP contribution < -0.4 is 14.5 Å². The van der Waals surface area contributed by atoms with Gasteiger partial charge in [0.05, 0.1) is 0 Å². The van der Waals surface area contributed by atoms with Crippen molar-refractivity contribution < 1.29 is 25.8 Å². The van der Waals surface area contributed by atoms with Gasteiger partial charge in [0.15, 0.2) is 0 Å². The van der Waals surface area contributed by atoms with Gasteiger partial charge in [0.1, 0.15) is 5.06 Å². The molecule has 0 radical (unpaired) electrons. The minimum atomic E-state index is -0.0136. The van der Waals surface area contributed by atoms with E-state index in [9.17, 15) is 0 Å². The molecular formula is C52H40N3OPtS2-3. The molecular weight excluding hydrogens is 942 g/mol. The molecule has 6 aromatic carbocycles. The van der Waals surface area contributed by atoms with Crippen LogP contribution in [0.5, 0.6) is 10.8 Å². The zero-order valence-corrected chi connectivity index (χ0v) is 37.2. The van der Waals surface area contributed by atoms with Crippen molar-refractivity contribution in [3.63, 3.8) is 0 Å². The Morgan fingerprint density at radius 3 is 2.02 bits per heavy atom. The average Bonchev–Trinajstić information content (AvgIpc) is 3.92. The number of allylic oxidation sites excluding steroid dienone is 2. The smallest absolute Gasteiger partial charge is 0.107 e. The van der Waals surface area contributed by atoms with Gasteiger partial charge in [-0.05, 0) is 64.9 Å². The summed E-state index contributed by atoms with van der Waals surface area (Å²) in [4.78, 5) is 9.50. The van der Waals surface area contributed by atoms with Crippen LogP contribution in [0, 0.1) is 18.8 Å². The van der Waals surface area contributed by atoms with Gasteiger partial charge in [0.25, 0.3) is 0 Å². The molecule has 59 heavy (non-hydrogen) atoms. The first-order valence-corrected chi connectivity index (χ1v) is 21.2. The molecule has 0 unspecified atom stereocenters. The van der Waals surface area contributed by atoms with Crippen molar-refractivity contribution in [3.8, 4) is 44.3 Å². The van der Waals surface area contributed by atoms with Crippen molar-refractivity contribution in [1.82, 2.24) is 4.98 Å². The van der Waals surface area contributed by atoms with E-state index < -0.39 is 0 Å². The Morgan fingerprint density at radius 2 is 1.31 bits per heavy atom. The van der Waals surface area contributed by atoms with E-state index in [2.05, 4.69) is 191 Å². The van der Waals surface area contributed by atoms with Crippen LogP contribution in [0.2, 0.25) is 0 Å². The van der Waals surface area contributed by atoms with E-state index in [4.69, 9.17) is 9.72 Å². The number of pyridine rings is 1. The maximum atomic E-state index is 6.67. The summed E-state index contributed by atoms with van der Waals surface area (Å²) in [5.41, 5.74) is 12.3. The first kappa shape index (κ1) is 39.0. The third kappa shape index (κ3) is 7.07. The van der Waals surface area contributed by atoms with Crippen LogP contribution in [0.1, 0.15) is 40.2 Å². The summed E-state index contributed by atoms with van der Waals surface area (Å²) in [5, 5.41) is 4.17. The predicted molar refractivity (Wildman–Crippen MR) is 246 cm³/mol. The van der Waals surface area contributed by atoms with Crippen LogP contribution in [0.4, 0.5) is 11.4 Å². The molecule has 0 bridgehead atoms. The molecule has 294 valence electrons. The summed E-state index contributed by atoms with van der Waals surface area (Å²) in [6, 6.07) is 56.6. The first-order valence-electron chi connectivity index (χ1n) is 19.5. The molecule has 0 amide bonds. The Balaban J connectivity index is 0.00000449. The van der Waals surface area contributed by atoms with E-state index in [0.29, 0.717) is 10.8 Å². The zero-order valence-electron chi connectivity index (χ0n) is 33.3. The number of aromatic nitrogens is 1. The van der Waals surface area contributed by atoms with Crippen molar-refractivity contribution >= 4 is 64.3 Å². The molecule has 4 nitrogen and oxygen atoms in total. The largest absolute Gasteiger partial charge is 0.497 e. The van der Waals surface area contributed by atoms with E-state index in [-0.39, 0.29) is 26.5 Å². The quantitative estimate of drug-likeness (QED) is 0.149. The molecule has 0 saturated heterocycles. The van der Waals surface area contributed by atoms with Crippen LogP contribution >= 0.6 is 22.7 Å². The van der Waals surface area contributed by atoms with E-state index in [1.165, 1.54) is 48.0 Å². The SMILES string of the molecule is CC1=C(C)N(c2c(-c3ccccc3)cccc2-c2ccccc2)[CH-]N1c1[c-]c(Oc2[c-]c3c(-c4cc(C(C)(C)C)ccn4)c4c(cc3s2)sc2ccccc24)ccc1.[Pt]. The van der Waals surface area contributed by atoms with Gasteiger partial charge < -0.3 is 14.5 Å². The van der Waals surface area contributed by atoms with Crippen LogP contribution in [-0.4, -0.2) is 4.98 Å². The second kappa shape index (κ2) is 15.6. The van der Waals surface area contributed by atoms with Crippen LogP contribution in [0.3, 0.4) is 0 Å². The molecule has 3 aromatic heterocycles. The van der Waals surface area contributed by atoms with Crippen molar-refractivity contribution in [2.45, 2.75) is 40.0 Å². The normalized spacial score (nSPS) is 13.2. The summed E-state index contributed by atoms with van der Waals surface area (Å²) < 4.78 is 10.3. The van der Waals surface area contributed by atoms with Gasteiger partial charge in [-0.1, -0.05) is 134 Å². The fraction of sp³-hybridized carbons (Fsp3) is 0.115. The molecule has 0 atom stereocenters. The molecule has 0 N–H and O–H groups in total. The van der Waals surface area contributed by atoms with Gasteiger partial charge in [-0.2, -0.15) is 22.8 Å². The first-order chi connectivity index (χ1) is 28.2. The maximum absolute atomic E-state index is 6.67. The van der Waals surface area contributed by atoms with E-state index in [0.717, 1.165) is 44.1 Å². The second-order valence-corrected chi connectivity index (χ2v) is 17.9. The third-order valence-electron chi connectivity index (χ3n) is 11.1. The van der Waals surface area contributed by atoms with Crippen LogP contribution in [0.25, 0.3) is 63.8 Å². The monoisotopic (exact) mass is 981 g/mol. The summed E-state index contributed by atoms with van der Waals surface area (Å²) in [5.74, 6) is 0.633. The maximum Gasteiger partial charge on any atom is 0.107 e. The van der Waals surface area contributed by atoms with Gasteiger partial charge in [-0.15, -0.1) is 48.0 Å². The fourth-order valence-electron chi connectivity index (χ4n) is 7.98. The van der Waals surface area contributed by atoms with Crippen molar-refractivity contribution in [3.05, 3.63) is 181 Å². The topological polar surface area (TPSA) is 28.6 Å². The molecule has 1 aliphatic heterocycles. The Hall–Kier alpha value is -5.52. The van der Waals surface area contributed by atoms with Crippen molar-refractivity contribution in [1.29, 1.82) is 0 Å². The van der Waals surface area contributed by atoms with Gasteiger partial charge in [0, 0.05) is 76.3 Å². The number of thiophene rings is 2. The molecule has 10 rings (SSSR count). The molecule has 9 aromatic rings. The molecule has 0 saturated carbocycles. The Labute approximate surface area is 368 Å². The van der Waals surface area contributed by atoms with Crippen molar-refractivity contribution in [2.24, 2.45) is 0 Å². The minimum Gasteiger partial charge on any atom is -0.497 e. The molecule has 7 heteroatoms. The molecule has 1 aliphatic rings. The van der Waals surface area contributed by atoms with Crippen LogP contribution in [-0.2, 0) is 26.5 Å². The number of anilines is 2. The third-order valence-corrected chi connectivity index (χ3v) is 13.1. The van der Waals surface area contributed by atoms with E-state index in [1.54, 1.807) is 11.3 Å². The van der Waals surface area contributed by atoms with Crippen molar-refractivity contribution in [2.75, 3.05) is 9.80 Å². The Kier molecular flexibility index (Phi) is 10.3. The molecule has 0 spiro atoms. The second-order valence-electron chi connectivity index (χ2n) is 15.8. The molecule has 4 heterocycles. The van der Waals surface area contributed by atoms with Crippen LogP contribution in [0.15, 0.2) is 157 Å². The summed E-state index contributed by atoms with van der Waals surface area (Å²) in [6.07, 6.45) is 1.94. The fourth-order valence-corrected chi connectivity index (χ4v) is 10.1.